The summed E-state index contributed by atoms with van der Waals surface area (Å²) in [6.07, 6.45) is 10.1. The van der Waals surface area contributed by atoms with Crippen molar-refractivity contribution in [3.05, 3.63) is 53.1 Å². The number of ether oxygens (including phenoxy) is 1. The molecule has 1 fully saturated rings. The van der Waals surface area contributed by atoms with Crippen molar-refractivity contribution in [1.82, 2.24) is 9.88 Å². The number of hydrogen-bond acceptors (Lipinski definition) is 4. The molecule has 2 aliphatic rings. The van der Waals surface area contributed by atoms with E-state index in [-0.39, 0.29) is 5.82 Å². The molecule has 1 atom stereocenters. The second-order valence-electron chi connectivity index (χ2n) is 7.80. The van der Waals surface area contributed by atoms with E-state index in [0.717, 1.165) is 27.8 Å². The quantitative estimate of drug-likeness (QED) is 0.641. The second kappa shape index (κ2) is 8.09. The highest BCUT2D eigenvalue weighted by molar-refractivity contribution is 8.03. The third-order valence-electron chi connectivity index (χ3n) is 6.09. The van der Waals surface area contributed by atoms with Crippen molar-refractivity contribution in [2.75, 3.05) is 13.0 Å². The molecule has 3 nitrogen and oxygen atoms in total. The number of nitrogens with zero attached hydrogens (tertiary/aromatic N) is 2. The number of halogens is 1. The minimum Gasteiger partial charge on any atom is -0.489 e. The summed E-state index contributed by atoms with van der Waals surface area (Å²) >= 11 is 1.77. The predicted molar refractivity (Wildman–Crippen MR) is 110 cm³/mol. The van der Waals surface area contributed by atoms with Crippen molar-refractivity contribution in [3.63, 3.8) is 0 Å². The summed E-state index contributed by atoms with van der Waals surface area (Å²) in [7, 11) is 1.74. The first-order valence-electron chi connectivity index (χ1n) is 9.82. The first-order chi connectivity index (χ1) is 13.1. The topological polar surface area (TPSA) is 25.4 Å². The molecule has 144 valence electrons. The van der Waals surface area contributed by atoms with Gasteiger partial charge < -0.3 is 9.64 Å². The lowest BCUT2D eigenvalue weighted by atomic mass is 9.76. The Morgan fingerprint density at radius 3 is 2.81 bits per heavy atom. The van der Waals surface area contributed by atoms with Gasteiger partial charge in [-0.15, -0.1) is 0 Å². The highest BCUT2D eigenvalue weighted by Crippen LogP contribution is 2.40. The van der Waals surface area contributed by atoms with Gasteiger partial charge in [0.05, 0.1) is 18.5 Å². The molecule has 0 amide bonds. The molecule has 27 heavy (non-hydrogen) atoms. The Morgan fingerprint density at radius 2 is 2.07 bits per heavy atom. The van der Waals surface area contributed by atoms with Gasteiger partial charge in [0.2, 0.25) is 0 Å². The fourth-order valence-electron chi connectivity index (χ4n) is 4.54. The summed E-state index contributed by atoms with van der Waals surface area (Å²) in [5.41, 5.74) is 2.17. The molecule has 5 heteroatoms. The van der Waals surface area contributed by atoms with E-state index in [2.05, 4.69) is 29.1 Å². The molecule has 0 unspecified atom stereocenters. The van der Waals surface area contributed by atoms with Crippen LogP contribution < -0.4 is 0 Å². The van der Waals surface area contributed by atoms with Crippen LogP contribution in [0.5, 0.6) is 0 Å². The Bertz CT molecular complexity index is 832. The molecule has 0 saturated heterocycles. The minimum absolute atomic E-state index is 0.175. The zero-order valence-corrected chi connectivity index (χ0v) is 16.8. The molecular formula is C22H27FN2OS. The number of aromatic nitrogens is 1. The van der Waals surface area contributed by atoms with Gasteiger partial charge in [-0.1, -0.05) is 11.8 Å². The number of rotatable bonds is 5. The SMILES string of the molecule is COC1=CN([C@H](C)CC2CCC(c3ccnc4ccc(F)cc34)CC2)CS1. The summed E-state index contributed by atoms with van der Waals surface area (Å²) in [6, 6.07) is 7.57. The standard InChI is InChI=1S/C22H27FN2OS/c1-15(25-13-22(26-2)27-14-25)11-16-3-5-17(6-4-16)19-9-10-24-21-8-7-18(23)12-20(19)21/h7-10,12-13,15-17H,3-6,11,14H2,1-2H3/t15-,16?,17?/m1/s1. The first kappa shape index (κ1) is 18.6. The van der Waals surface area contributed by atoms with Crippen LogP contribution in [-0.4, -0.2) is 28.9 Å². The third kappa shape index (κ3) is 4.08. The van der Waals surface area contributed by atoms with Crippen molar-refractivity contribution in [1.29, 1.82) is 0 Å². The van der Waals surface area contributed by atoms with Crippen molar-refractivity contribution in [3.8, 4) is 0 Å². The van der Waals surface area contributed by atoms with Gasteiger partial charge in [-0.3, -0.25) is 4.98 Å². The lowest BCUT2D eigenvalue weighted by Gasteiger charge is -2.33. The van der Waals surface area contributed by atoms with Gasteiger partial charge in [0.25, 0.3) is 0 Å². The Kier molecular flexibility index (Phi) is 5.58. The molecule has 1 aliphatic carbocycles. The van der Waals surface area contributed by atoms with Crippen LogP contribution in [-0.2, 0) is 4.74 Å². The van der Waals surface area contributed by atoms with Crippen molar-refractivity contribution >= 4 is 22.7 Å². The average molecular weight is 387 g/mol. The first-order valence-corrected chi connectivity index (χ1v) is 10.8. The molecule has 4 rings (SSSR count). The van der Waals surface area contributed by atoms with E-state index in [4.69, 9.17) is 4.74 Å². The van der Waals surface area contributed by atoms with E-state index < -0.39 is 0 Å². The van der Waals surface area contributed by atoms with Crippen LogP contribution in [0.3, 0.4) is 0 Å². The highest BCUT2D eigenvalue weighted by atomic mass is 32.2. The van der Waals surface area contributed by atoms with E-state index in [1.54, 1.807) is 31.0 Å². The van der Waals surface area contributed by atoms with E-state index in [1.165, 1.54) is 43.7 Å². The molecule has 2 heterocycles. The monoisotopic (exact) mass is 386 g/mol. The number of benzene rings is 1. The van der Waals surface area contributed by atoms with Gasteiger partial charge in [0, 0.05) is 23.8 Å². The fraction of sp³-hybridized carbons (Fsp3) is 0.500. The zero-order chi connectivity index (χ0) is 18.8. The normalized spacial score (nSPS) is 24.1. The molecular weight excluding hydrogens is 359 g/mol. The maximum absolute atomic E-state index is 13.7. The summed E-state index contributed by atoms with van der Waals surface area (Å²) < 4.78 is 19.1. The summed E-state index contributed by atoms with van der Waals surface area (Å²) in [6.45, 7) is 2.32. The van der Waals surface area contributed by atoms with E-state index in [9.17, 15) is 4.39 Å². The third-order valence-corrected chi connectivity index (χ3v) is 7.08. The molecule has 1 aliphatic heterocycles. The summed E-state index contributed by atoms with van der Waals surface area (Å²) in [5, 5.41) is 2.00. The van der Waals surface area contributed by atoms with E-state index >= 15 is 0 Å². The van der Waals surface area contributed by atoms with Gasteiger partial charge in [0.1, 0.15) is 5.82 Å². The average Bonchev–Trinajstić information content (AvgIpc) is 3.18. The smallest absolute Gasteiger partial charge is 0.170 e. The van der Waals surface area contributed by atoms with Crippen molar-refractivity contribution < 1.29 is 9.13 Å². The van der Waals surface area contributed by atoms with Crippen LogP contribution in [0, 0.1) is 11.7 Å². The van der Waals surface area contributed by atoms with Gasteiger partial charge in [-0.25, -0.2) is 4.39 Å². The fourth-order valence-corrected chi connectivity index (χ4v) is 5.47. The Labute approximate surface area is 165 Å². The Morgan fingerprint density at radius 1 is 1.26 bits per heavy atom. The summed E-state index contributed by atoms with van der Waals surface area (Å²) in [5.74, 6) is 2.11. The molecule has 0 spiro atoms. The van der Waals surface area contributed by atoms with Gasteiger partial charge in [-0.2, -0.15) is 0 Å². The highest BCUT2D eigenvalue weighted by Gasteiger charge is 2.27. The Balaban J connectivity index is 1.38. The lowest BCUT2D eigenvalue weighted by Crippen LogP contribution is -2.29. The molecule has 0 N–H and O–H groups in total. The van der Waals surface area contributed by atoms with Crippen LogP contribution in [0.15, 0.2) is 41.8 Å². The number of fused-ring (bicyclic) bond motifs is 1. The maximum Gasteiger partial charge on any atom is 0.170 e. The molecule has 0 bridgehead atoms. The summed E-state index contributed by atoms with van der Waals surface area (Å²) in [4.78, 5) is 6.80. The van der Waals surface area contributed by atoms with Gasteiger partial charge >= 0.3 is 0 Å². The number of methoxy groups -OCH3 is 1. The van der Waals surface area contributed by atoms with Crippen LogP contribution in [0.25, 0.3) is 10.9 Å². The maximum atomic E-state index is 13.7. The number of thioether (sulfide) groups is 1. The zero-order valence-electron chi connectivity index (χ0n) is 16.0. The number of hydrogen-bond donors (Lipinski definition) is 0. The molecule has 0 radical (unpaired) electrons. The van der Waals surface area contributed by atoms with Gasteiger partial charge in [-0.05, 0) is 80.7 Å². The van der Waals surface area contributed by atoms with Crippen LogP contribution in [0.4, 0.5) is 4.39 Å². The minimum atomic E-state index is -0.175. The van der Waals surface area contributed by atoms with Crippen LogP contribution in [0.1, 0.15) is 50.5 Å². The van der Waals surface area contributed by atoms with Crippen LogP contribution in [0.2, 0.25) is 0 Å². The van der Waals surface area contributed by atoms with Crippen molar-refractivity contribution in [2.24, 2.45) is 5.92 Å². The molecule has 2 aromatic rings. The second-order valence-corrected chi connectivity index (χ2v) is 8.75. The molecule has 1 aromatic heterocycles. The molecule has 1 saturated carbocycles. The number of pyridine rings is 1. The Hall–Kier alpha value is -1.75. The van der Waals surface area contributed by atoms with E-state index in [1.807, 2.05) is 6.20 Å². The lowest BCUT2D eigenvalue weighted by molar-refractivity contribution is 0.230. The van der Waals surface area contributed by atoms with Crippen LogP contribution >= 0.6 is 11.8 Å². The predicted octanol–water partition coefficient (Wildman–Crippen LogP) is 5.88. The van der Waals surface area contributed by atoms with Crippen molar-refractivity contribution in [2.45, 2.75) is 51.0 Å². The van der Waals surface area contributed by atoms with E-state index in [0.29, 0.717) is 12.0 Å². The largest absolute Gasteiger partial charge is 0.489 e. The van der Waals surface area contributed by atoms with Gasteiger partial charge in [0.15, 0.2) is 5.09 Å². The molecule has 1 aromatic carbocycles.